The number of nitrogens with zero attached hydrogens (tertiary/aromatic N) is 1. The fraction of sp³-hybridized carbons (Fsp3) is 0.600. The van der Waals surface area contributed by atoms with Gasteiger partial charge in [-0.05, 0) is 36.7 Å². The average molecular weight is 405 g/mol. The van der Waals surface area contributed by atoms with E-state index in [4.69, 9.17) is 5.73 Å². The number of nitrogens with one attached hydrogen (secondary N) is 2. The van der Waals surface area contributed by atoms with Gasteiger partial charge in [-0.2, -0.15) is 0 Å². The van der Waals surface area contributed by atoms with Crippen LogP contribution in [0.2, 0.25) is 0 Å². The number of aromatic nitrogens is 2. The monoisotopic (exact) mass is 404 g/mol. The molecule has 0 aliphatic heterocycles. The number of aryl methyl sites for hydroxylation is 2. The second-order valence-electron chi connectivity index (χ2n) is 7.88. The molecule has 0 bridgehead atoms. The van der Waals surface area contributed by atoms with Crippen molar-refractivity contribution in [3.05, 3.63) is 26.6 Å². The minimum atomic E-state index is -0.682. The molecule has 2 heterocycles. The zero-order valence-electron chi connectivity index (χ0n) is 16.6. The normalized spacial score (nSPS) is 18.5. The Bertz CT molecular complexity index is 949. The molecular weight excluding hydrogens is 376 g/mol. The first-order chi connectivity index (χ1) is 13.3. The van der Waals surface area contributed by atoms with E-state index in [1.54, 1.807) is 11.3 Å². The van der Waals surface area contributed by atoms with Crippen molar-refractivity contribution in [2.24, 2.45) is 17.6 Å². The predicted molar refractivity (Wildman–Crippen MR) is 110 cm³/mol. The first kappa shape index (κ1) is 20.5. The molecule has 2 aromatic heterocycles. The number of rotatable bonds is 7. The van der Waals surface area contributed by atoms with Gasteiger partial charge in [-0.3, -0.25) is 14.4 Å². The van der Waals surface area contributed by atoms with Crippen LogP contribution in [-0.2, 0) is 28.9 Å². The maximum atomic E-state index is 12.6. The summed E-state index contributed by atoms with van der Waals surface area (Å²) in [6.07, 6.45) is 4.20. The molecule has 0 aromatic carbocycles. The van der Waals surface area contributed by atoms with Gasteiger partial charge in [-0.25, -0.2) is 4.98 Å². The van der Waals surface area contributed by atoms with Crippen LogP contribution >= 0.6 is 11.3 Å². The summed E-state index contributed by atoms with van der Waals surface area (Å²) >= 11 is 1.59. The maximum absolute atomic E-state index is 12.6. The van der Waals surface area contributed by atoms with Crippen LogP contribution < -0.4 is 16.6 Å². The number of carbonyl (C=O) groups excluding carboxylic acids is 2. The van der Waals surface area contributed by atoms with E-state index in [-0.39, 0.29) is 23.8 Å². The summed E-state index contributed by atoms with van der Waals surface area (Å²) in [4.78, 5) is 45.9. The average Bonchev–Trinajstić information content (AvgIpc) is 3.01. The van der Waals surface area contributed by atoms with E-state index >= 15 is 0 Å². The summed E-state index contributed by atoms with van der Waals surface area (Å²) in [6.45, 7) is 6.05. The van der Waals surface area contributed by atoms with Crippen molar-refractivity contribution in [3.8, 4) is 0 Å². The molecule has 3 atom stereocenters. The Morgan fingerprint density at radius 1 is 1.43 bits per heavy atom. The Kier molecular flexibility index (Phi) is 6.17. The predicted octanol–water partition coefficient (Wildman–Crippen LogP) is 2.06. The number of hydrogen-bond acceptors (Lipinski definition) is 5. The zero-order valence-corrected chi connectivity index (χ0v) is 17.4. The molecule has 1 aliphatic carbocycles. The molecular formula is C20H28N4O3S. The first-order valence-electron chi connectivity index (χ1n) is 9.92. The number of nitrogens with two attached hydrogens (primary N) is 1. The molecule has 0 saturated heterocycles. The largest absolute Gasteiger partial charge is 0.368 e. The standard InChI is InChI=1S/C20H28N4O3S/c1-4-11(3)17(18(21)26)24-15(25)8-7-14-22-19(27)16-12-6-5-10(2)9-13(12)28-20(16)23-14/h10-11,17H,4-9H2,1-3H3,(H2,21,26)(H,24,25)(H,22,23,27). The SMILES string of the molecule is CCC(C)C(NC(=O)CCc1nc2sc3c(c2c(=O)[nH]1)CCC(C)C3)C(N)=O. The molecule has 3 rings (SSSR count). The van der Waals surface area contributed by atoms with Gasteiger partial charge in [0.2, 0.25) is 11.8 Å². The van der Waals surface area contributed by atoms with Crippen molar-refractivity contribution in [3.63, 3.8) is 0 Å². The number of primary amides is 1. The van der Waals surface area contributed by atoms with Crippen LogP contribution in [0.15, 0.2) is 4.79 Å². The highest BCUT2D eigenvalue weighted by atomic mass is 32.1. The summed E-state index contributed by atoms with van der Waals surface area (Å²) in [5.41, 5.74) is 6.42. The van der Waals surface area contributed by atoms with Crippen LogP contribution in [0.3, 0.4) is 0 Å². The molecule has 28 heavy (non-hydrogen) atoms. The molecule has 1 aliphatic rings. The van der Waals surface area contributed by atoms with E-state index in [9.17, 15) is 14.4 Å². The molecule has 4 N–H and O–H groups in total. The van der Waals surface area contributed by atoms with E-state index in [0.29, 0.717) is 23.5 Å². The Balaban J connectivity index is 1.72. The van der Waals surface area contributed by atoms with Gasteiger partial charge in [-0.1, -0.05) is 27.2 Å². The van der Waals surface area contributed by atoms with Crippen LogP contribution in [-0.4, -0.2) is 27.8 Å². The topological polar surface area (TPSA) is 118 Å². The second-order valence-corrected chi connectivity index (χ2v) is 8.96. The van der Waals surface area contributed by atoms with Gasteiger partial charge in [0, 0.05) is 17.7 Å². The third kappa shape index (κ3) is 4.27. The highest BCUT2D eigenvalue weighted by Crippen LogP contribution is 2.35. The van der Waals surface area contributed by atoms with Crippen molar-refractivity contribution >= 4 is 33.4 Å². The zero-order chi connectivity index (χ0) is 20.4. The summed E-state index contributed by atoms with van der Waals surface area (Å²) < 4.78 is 0. The van der Waals surface area contributed by atoms with E-state index < -0.39 is 11.9 Å². The third-order valence-corrected chi connectivity index (χ3v) is 6.79. The van der Waals surface area contributed by atoms with Crippen LogP contribution in [0.1, 0.15) is 56.3 Å². The van der Waals surface area contributed by atoms with Crippen LogP contribution in [0.4, 0.5) is 0 Å². The molecule has 2 aromatic rings. The van der Waals surface area contributed by atoms with Crippen molar-refractivity contribution in [2.45, 2.75) is 65.3 Å². The number of carbonyl (C=O) groups is 2. The Morgan fingerprint density at radius 2 is 2.18 bits per heavy atom. The van der Waals surface area contributed by atoms with E-state index in [2.05, 4.69) is 22.2 Å². The lowest BCUT2D eigenvalue weighted by Gasteiger charge is -2.21. The summed E-state index contributed by atoms with van der Waals surface area (Å²) in [7, 11) is 0. The molecule has 3 unspecified atom stereocenters. The Morgan fingerprint density at radius 3 is 2.86 bits per heavy atom. The molecule has 152 valence electrons. The smallest absolute Gasteiger partial charge is 0.259 e. The maximum Gasteiger partial charge on any atom is 0.259 e. The van der Waals surface area contributed by atoms with Crippen LogP contribution in [0, 0.1) is 11.8 Å². The lowest BCUT2D eigenvalue weighted by atomic mass is 9.89. The van der Waals surface area contributed by atoms with Gasteiger partial charge < -0.3 is 16.0 Å². The molecule has 7 nitrogen and oxygen atoms in total. The van der Waals surface area contributed by atoms with Crippen LogP contribution in [0.5, 0.6) is 0 Å². The molecule has 0 radical (unpaired) electrons. The lowest BCUT2D eigenvalue weighted by Crippen LogP contribution is -2.48. The van der Waals surface area contributed by atoms with Crippen molar-refractivity contribution in [1.29, 1.82) is 0 Å². The summed E-state index contributed by atoms with van der Waals surface area (Å²) in [5.74, 6) is 0.292. The molecule has 8 heteroatoms. The van der Waals surface area contributed by atoms with Gasteiger partial charge in [0.05, 0.1) is 5.39 Å². The minimum Gasteiger partial charge on any atom is -0.368 e. The molecule has 0 fully saturated rings. The van der Waals surface area contributed by atoms with Gasteiger partial charge in [-0.15, -0.1) is 11.3 Å². The Hall–Kier alpha value is -2.22. The van der Waals surface area contributed by atoms with Crippen molar-refractivity contribution in [2.75, 3.05) is 0 Å². The van der Waals surface area contributed by atoms with Gasteiger partial charge >= 0.3 is 0 Å². The second kappa shape index (κ2) is 8.43. The number of hydrogen-bond donors (Lipinski definition) is 3. The van der Waals surface area contributed by atoms with Crippen molar-refractivity contribution < 1.29 is 9.59 Å². The number of amides is 2. The van der Waals surface area contributed by atoms with Crippen LogP contribution in [0.25, 0.3) is 10.2 Å². The first-order valence-corrected chi connectivity index (χ1v) is 10.7. The van der Waals surface area contributed by atoms with E-state index in [0.717, 1.165) is 36.1 Å². The highest BCUT2D eigenvalue weighted by Gasteiger charge is 2.25. The fourth-order valence-electron chi connectivity index (χ4n) is 3.72. The number of fused-ring (bicyclic) bond motifs is 3. The molecule has 0 spiro atoms. The minimum absolute atomic E-state index is 0.0319. The van der Waals surface area contributed by atoms with Gasteiger partial charge in [0.25, 0.3) is 5.56 Å². The van der Waals surface area contributed by atoms with Gasteiger partial charge in [0.15, 0.2) is 0 Å². The number of H-pyrrole nitrogens is 1. The van der Waals surface area contributed by atoms with E-state index in [1.807, 2.05) is 13.8 Å². The van der Waals surface area contributed by atoms with Gasteiger partial charge in [0.1, 0.15) is 16.7 Å². The molecule has 2 amide bonds. The number of thiophene rings is 1. The summed E-state index contributed by atoms with van der Waals surface area (Å²) in [6, 6.07) is -0.682. The Labute approximate surface area is 168 Å². The lowest BCUT2D eigenvalue weighted by molar-refractivity contribution is -0.128. The van der Waals surface area contributed by atoms with E-state index in [1.165, 1.54) is 4.88 Å². The summed E-state index contributed by atoms with van der Waals surface area (Å²) in [5, 5.41) is 3.42. The highest BCUT2D eigenvalue weighted by molar-refractivity contribution is 7.18. The fourth-order valence-corrected chi connectivity index (χ4v) is 5.12. The quantitative estimate of drug-likeness (QED) is 0.654. The molecule has 0 saturated carbocycles. The number of aromatic amines is 1. The third-order valence-electron chi connectivity index (χ3n) is 5.64. The van der Waals surface area contributed by atoms with Crippen molar-refractivity contribution in [1.82, 2.24) is 15.3 Å².